The van der Waals surface area contributed by atoms with Crippen LogP contribution in [0.4, 0.5) is 23.4 Å². The summed E-state index contributed by atoms with van der Waals surface area (Å²) in [5.74, 6) is -1.42. The van der Waals surface area contributed by atoms with Gasteiger partial charge < -0.3 is 5.32 Å². The van der Waals surface area contributed by atoms with Crippen LogP contribution in [0.3, 0.4) is 0 Å². The molecule has 2 heterocycles. The molecule has 26 heavy (non-hydrogen) atoms. The SMILES string of the molecule is O=C(Nc1ccnn1Cc1ccccc1C(F)(F)F)c1ccncc1F. The Hall–Kier alpha value is -3.23. The molecule has 0 saturated heterocycles. The molecule has 3 aromatic rings. The topological polar surface area (TPSA) is 59.8 Å². The lowest BCUT2D eigenvalue weighted by molar-refractivity contribution is -0.138. The van der Waals surface area contributed by atoms with Crippen LogP contribution in [0, 0.1) is 5.82 Å². The predicted molar refractivity (Wildman–Crippen MR) is 84.9 cm³/mol. The van der Waals surface area contributed by atoms with E-state index in [4.69, 9.17) is 0 Å². The number of nitrogens with one attached hydrogen (secondary N) is 1. The fourth-order valence-electron chi connectivity index (χ4n) is 2.40. The van der Waals surface area contributed by atoms with Crippen LogP contribution in [0.1, 0.15) is 21.5 Å². The quantitative estimate of drug-likeness (QED) is 0.718. The van der Waals surface area contributed by atoms with E-state index in [0.717, 1.165) is 12.3 Å². The molecule has 0 bridgehead atoms. The number of amides is 1. The molecular weight excluding hydrogens is 352 g/mol. The number of rotatable bonds is 4. The highest BCUT2D eigenvalue weighted by Gasteiger charge is 2.33. The van der Waals surface area contributed by atoms with Gasteiger partial charge in [-0.2, -0.15) is 18.3 Å². The van der Waals surface area contributed by atoms with Gasteiger partial charge in [-0.15, -0.1) is 0 Å². The van der Waals surface area contributed by atoms with E-state index >= 15 is 0 Å². The second kappa shape index (κ2) is 6.95. The minimum absolute atomic E-state index is 0.00529. The average Bonchev–Trinajstić information content (AvgIpc) is 3.01. The van der Waals surface area contributed by atoms with Crippen molar-refractivity contribution in [3.63, 3.8) is 0 Å². The summed E-state index contributed by atoms with van der Waals surface area (Å²) in [6, 6.07) is 7.70. The molecule has 0 unspecified atom stereocenters. The largest absolute Gasteiger partial charge is 0.416 e. The number of hydrogen-bond acceptors (Lipinski definition) is 3. The summed E-state index contributed by atoms with van der Waals surface area (Å²) in [4.78, 5) is 15.7. The minimum Gasteiger partial charge on any atom is -0.307 e. The number of hydrogen-bond donors (Lipinski definition) is 1. The Balaban J connectivity index is 1.85. The van der Waals surface area contributed by atoms with Gasteiger partial charge in [0.1, 0.15) is 5.82 Å². The first-order chi connectivity index (χ1) is 12.4. The number of alkyl halides is 3. The van der Waals surface area contributed by atoms with Gasteiger partial charge in [0.15, 0.2) is 5.82 Å². The summed E-state index contributed by atoms with van der Waals surface area (Å²) in [5, 5.41) is 6.37. The van der Waals surface area contributed by atoms with Crippen LogP contribution in [-0.2, 0) is 12.7 Å². The summed E-state index contributed by atoms with van der Waals surface area (Å²) in [6.07, 6.45) is -1.03. The number of aromatic nitrogens is 3. The maximum atomic E-state index is 13.6. The molecule has 0 spiro atoms. The lowest BCUT2D eigenvalue weighted by Crippen LogP contribution is -2.18. The highest BCUT2D eigenvalue weighted by Crippen LogP contribution is 2.32. The van der Waals surface area contributed by atoms with Gasteiger partial charge in [-0.25, -0.2) is 9.07 Å². The molecule has 0 fully saturated rings. The van der Waals surface area contributed by atoms with Gasteiger partial charge in [-0.3, -0.25) is 9.78 Å². The van der Waals surface area contributed by atoms with Crippen LogP contribution < -0.4 is 5.32 Å². The Morgan fingerprint density at radius 2 is 1.88 bits per heavy atom. The normalized spacial score (nSPS) is 11.4. The molecule has 0 aliphatic heterocycles. The van der Waals surface area contributed by atoms with E-state index < -0.39 is 23.5 Å². The molecule has 5 nitrogen and oxygen atoms in total. The van der Waals surface area contributed by atoms with Crippen LogP contribution >= 0.6 is 0 Å². The zero-order valence-electron chi connectivity index (χ0n) is 13.2. The Morgan fingerprint density at radius 1 is 1.12 bits per heavy atom. The summed E-state index contributed by atoms with van der Waals surface area (Å²) < 4.78 is 54.1. The van der Waals surface area contributed by atoms with Crippen LogP contribution in [0.5, 0.6) is 0 Å². The molecule has 0 saturated carbocycles. The fourth-order valence-corrected chi connectivity index (χ4v) is 2.40. The molecule has 0 aliphatic carbocycles. The molecule has 1 N–H and O–H groups in total. The number of anilines is 1. The van der Waals surface area contributed by atoms with E-state index in [9.17, 15) is 22.4 Å². The zero-order chi connectivity index (χ0) is 18.7. The molecule has 9 heteroatoms. The average molecular weight is 364 g/mol. The molecule has 0 aliphatic rings. The van der Waals surface area contributed by atoms with Gasteiger partial charge in [0, 0.05) is 12.3 Å². The van der Waals surface area contributed by atoms with Crippen molar-refractivity contribution in [2.75, 3.05) is 5.32 Å². The number of carbonyl (C=O) groups is 1. The summed E-state index contributed by atoms with van der Waals surface area (Å²) in [7, 11) is 0. The molecule has 134 valence electrons. The lowest BCUT2D eigenvalue weighted by atomic mass is 10.1. The molecule has 0 atom stereocenters. The first-order valence-corrected chi connectivity index (χ1v) is 7.44. The molecule has 1 amide bonds. The van der Waals surface area contributed by atoms with E-state index in [1.54, 1.807) is 0 Å². The fraction of sp³-hybridized carbons (Fsp3) is 0.118. The van der Waals surface area contributed by atoms with Crippen molar-refractivity contribution in [3.8, 4) is 0 Å². The minimum atomic E-state index is -4.51. The van der Waals surface area contributed by atoms with Crippen LogP contribution in [0.15, 0.2) is 55.0 Å². The Bertz CT molecular complexity index is 936. The Labute approximate surface area is 145 Å². The van der Waals surface area contributed by atoms with Gasteiger partial charge in [0.05, 0.1) is 30.1 Å². The van der Waals surface area contributed by atoms with E-state index in [1.165, 1.54) is 47.4 Å². The van der Waals surface area contributed by atoms with Crippen LogP contribution in [-0.4, -0.2) is 20.7 Å². The summed E-state index contributed by atoms with van der Waals surface area (Å²) in [5.41, 5.74) is -1.02. The van der Waals surface area contributed by atoms with Crippen molar-refractivity contribution >= 4 is 11.7 Å². The van der Waals surface area contributed by atoms with Crippen molar-refractivity contribution in [1.82, 2.24) is 14.8 Å². The van der Waals surface area contributed by atoms with Gasteiger partial charge in [0.2, 0.25) is 0 Å². The number of carbonyl (C=O) groups excluding carboxylic acids is 1. The number of pyridine rings is 1. The van der Waals surface area contributed by atoms with Crippen molar-refractivity contribution in [3.05, 3.63) is 77.5 Å². The molecule has 0 radical (unpaired) electrons. The highest BCUT2D eigenvalue weighted by atomic mass is 19.4. The third kappa shape index (κ3) is 3.71. The van der Waals surface area contributed by atoms with E-state index in [1.807, 2.05) is 0 Å². The number of nitrogens with zero attached hydrogens (tertiary/aromatic N) is 3. The Kier molecular flexibility index (Phi) is 4.70. The number of benzene rings is 1. The van der Waals surface area contributed by atoms with Gasteiger partial charge >= 0.3 is 6.18 Å². The Morgan fingerprint density at radius 3 is 2.62 bits per heavy atom. The lowest BCUT2D eigenvalue weighted by Gasteiger charge is -2.14. The first kappa shape index (κ1) is 17.6. The zero-order valence-corrected chi connectivity index (χ0v) is 13.2. The number of halogens is 4. The second-order valence-corrected chi connectivity index (χ2v) is 5.34. The van der Waals surface area contributed by atoms with Gasteiger partial charge in [-0.1, -0.05) is 18.2 Å². The molecule has 3 rings (SSSR count). The van der Waals surface area contributed by atoms with Crippen molar-refractivity contribution in [2.45, 2.75) is 12.7 Å². The van der Waals surface area contributed by atoms with E-state index in [-0.39, 0.29) is 23.5 Å². The van der Waals surface area contributed by atoms with E-state index in [2.05, 4.69) is 15.4 Å². The maximum absolute atomic E-state index is 13.6. The maximum Gasteiger partial charge on any atom is 0.416 e. The van der Waals surface area contributed by atoms with Crippen molar-refractivity contribution < 1.29 is 22.4 Å². The molecule has 2 aromatic heterocycles. The molecular formula is C17H12F4N4O. The van der Waals surface area contributed by atoms with Crippen LogP contribution in [0.25, 0.3) is 0 Å². The monoisotopic (exact) mass is 364 g/mol. The summed E-state index contributed by atoms with van der Waals surface area (Å²) in [6.45, 7) is -0.211. The third-order valence-corrected chi connectivity index (χ3v) is 3.62. The summed E-state index contributed by atoms with van der Waals surface area (Å²) >= 11 is 0. The first-order valence-electron chi connectivity index (χ1n) is 7.44. The highest BCUT2D eigenvalue weighted by molar-refractivity contribution is 6.03. The van der Waals surface area contributed by atoms with E-state index in [0.29, 0.717) is 0 Å². The third-order valence-electron chi connectivity index (χ3n) is 3.62. The molecule has 1 aromatic carbocycles. The van der Waals surface area contributed by atoms with Crippen molar-refractivity contribution in [2.24, 2.45) is 0 Å². The standard InChI is InChI=1S/C17H12F4N4O/c18-14-9-22-7-5-12(14)16(26)24-15-6-8-23-25(15)10-11-3-1-2-4-13(11)17(19,20)21/h1-9H,10H2,(H,24,26). The smallest absolute Gasteiger partial charge is 0.307 e. The second-order valence-electron chi connectivity index (χ2n) is 5.34. The van der Waals surface area contributed by atoms with Crippen LogP contribution in [0.2, 0.25) is 0 Å². The van der Waals surface area contributed by atoms with Crippen molar-refractivity contribution in [1.29, 1.82) is 0 Å². The van der Waals surface area contributed by atoms with Gasteiger partial charge in [-0.05, 0) is 17.7 Å². The predicted octanol–water partition coefficient (Wildman–Crippen LogP) is 3.74. The van der Waals surface area contributed by atoms with Gasteiger partial charge in [0.25, 0.3) is 5.91 Å².